The summed E-state index contributed by atoms with van der Waals surface area (Å²) in [6, 6.07) is 1.45. The largest absolute Gasteiger partial charge is 0.507 e. The Kier molecular flexibility index (Phi) is 7.98. The summed E-state index contributed by atoms with van der Waals surface area (Å²) in [6.45, 7) is 9.73. The number of esters is 1. The SMILES string of the molecule is C/C=C/C=C/C(=O)c1cc(C)c(OC(=O)CNC(=O)OC(C)(C)C)c(C)c1O. The maximum absolute atomic E-state index is 12.2. The van der Waals surface area contributed by atoms with E-state index in [1.165, 1.54) is 12.1 Å². The minimum Gasteiger partial charge on any atom is -0.507 e. The molecule has 0 aliphatic heterocycles. The number of amides is 1. The molecular formula is C21H27NO6. The molecule has 7 nitrogen and oxygen atoms in total. The lowest BCUT2D eigenvalue weighted by molar-refractivity contribution is -0.133. The normalized spacial score (nSPS) is 11.6. The van der Waals surface area contributed by atoms with Crippen molar-refractivity contribution in [1.82, 2.24) is 5.32 Å². The van der Waals surface area contributed by atoms with Gasteiger partial charge >= 0.3 is 12.1 Å². The van der Waals surface area contributed by atoms with E-state index in [2.05, 4.69) is 5.32 Å². The number of alkyl carbamates (subject to hydrolysis) is 1. The summed E-state index contributed by atoms with van der Waals surface area (Å²) in [6.07, 6.45) is 5.64. The second-order valence-electron chi connectivity index (χ2n) is 7.12. The smallest absolute Gasteiger partial charge is 0.408 e. The molecule has 152 valence electrons. The molecular weight excluding hydrogens is 362 g/mol. The van der Waals surface area contributed by atoms with Crippen LogP contribution in [0, 0.1) is 13.8 Å². The van der Waals surface area contributed by atoms with Crippen LogP contribution in [0.15, 0.2) is 30.4 Å². The number of rotatable bonds is 6. The molecule has 1 amide bonds. The quantitative estimate of drug-likeness (QED) is 0.253. The van der Waals surface area contributed by atoms with Gasteiger partial charge in [-0.2, -0.15) is 0 Å². The number of ketones is 1. The maximum Gasteiger partial charge on any atom is 0.408 e. The average molecular weight is 389 g/mol. The van der Waals surface area contributed by atoms with Crippen LogP contribution in [-0.4, -0.2) is 35.1 Å². The summed E-state index contributed by atoms with van der Waals surface area (Å²) < 4.78 is 10.3. The van der Waals surface area contributed by atoms with Crippen molar-refractivity contribution < 1.29 is 29.0 Å². The first kappa shape index (κ1) is 23.0. The van der Waals surface area contributed by atoms with Gasteiger partial charge in [0.05, 0.1) is 5.56 Å². The van der Waals surface area contributed by atoms with Crippen LogP contribution in [-0.2, 0) is 9.53 Å². The van der Waals surface area contributed by atoms with E-state index in [1.807, 2.05) is 6.92 Å². The molecule has 0 unspecified atom stereocenters. The van der Waals surface area contributed by atoms with Gasteiger partial charge in [-0.15, -0.1) is 0 Å². The minimum atomic E-state index is -0.741. The molecule has 1 aromatic carbocycles. The Bertz CT molecular complexity index is 815. The molecule has 2 N–H and O–H groups in total. The molecule has 0 aliphatic carbocycles. The van der Waals surface area contributed by atoms with Crippen LogP contribution in [0.2, 0.25) is 0 Å². The van der Waals surface area contributed by atoms with E-state index < -0.39 is 24.2 Å². The molecule has 0 radical (unpaired) electrons. The molecule has 1 rings (SSSR count). The Morgan fingerprint density at radius 2 is 1.82 bits per heavy atom. The highest BCUT2D eigenvalue weighted by Crippen LogP contribution is 2.34. The molecule has 0 heterocycles. The number of hydrogen-bond donors (Lipinski definition) is 2. The highest BCUT2D eigenvalue weighted by molar-refractivity contribution is 6.07. The number of phenols is 1. The van der Waals surface area contributed by atoms with Gasteiger partial charge in [0.1, 0.15) is 23.6 Å². The van der Waals surface area contributed by atoms with Gasteiger partial charge in [0.15, 0.2) is 5.78 Å². The second-order valence-corrected chi connectivity index (χ2v) is 7.12. The van der Waals surface area contributed by atoms with Crippen molar-refractivity contribution in [3.8, 4) is 11.5 Å². The molecule has 0 spiro atoms. The Balaban J connectivity index is 2.90. The van der Waals surface area contributed by atoms with Crippen LogP contribution in [0.25, 0.3) is 0 Å². The van der Waals surface area contributed by atoms with Gasteiger partial charge < -0.3 is 19.9 Å². The van der Waals surface area contributed by atoms with Gasteiger partial charge in [0, 0.05) is 5.56 Å². The second kappa shape index (κ2) is 9.73. The summed E-state index contributed by atoms with van der Waals surface area (Å²) in [4.78, 5) is 35.9. The Hall–Kier alpha value is -3.09. The average Bonchev–Trinajstić information content (AvgIpc) is 2.58. The first-order valence-corrected chi connectivity index (χ1v) is 8.80. The van der Waals surface area contributed by atoms with Crippen molar-refractivity contribution in [3.63, 3.8) is 0 Å². The zero-order valence-corrected chi connectivity index (χ0v) is 17.1. The summed E-state index contributed by atoms with van der Waals surface area (Å²) in [5.41, 5.74) is 0.191. The van der Waals surface area contributed by atoms with Gasteiger partial charge in [-0.25, -0.2) is 9.59 Å². The highest BCUT2D eigenvalue weighted by atomic mass is 16.6. The van der Waals surface area contributed by atoms with Gasteiger partial charge in [-0.05, 0) is 59.2 Å². The molecule has 1 aromatic rings. The number of allylic oxidation sites excluding steroid dienone is 4. The Morgan fingerprint density at radius 1 is 1.18 bits per heavy atom. The third kappa shape index (κ3) is 6.90. The van der Waals surface area contributed by atoms with E-state index in [0.717, 1.165) is 0 Å². The van der Waals surface area contributed by atoms with Crippen molar-refractivity contribution in [1.29, 1.82) is 0 Å². The predicted octanol–water partition coefficient (Wildman–Crippen LogP) is 3.75. The number of carbonyl (C=O) groups is 3. The number of nitrogens with one attached hydrogen (secondary N) is 1. The lowest BCUT2D eigenvalue weighted by atomic mass is 10.0. The standard InChI is InChI=1S/C21H27NO6/c1-7-8-9-10-16(23)15-11-13(2)19(14(3)18(15)25)27-17(24)12-22-20(26)28-21(4,5)6/h7-11,25H,12H2,1-6H3,(H,22,26)/b8-7+,10-9+. The minimum absolute atomic E-state index is 0.113. The number of ether oxygens (including phenoxy) is 2. The van der Waals surface area contributed by atoms with Crippen molar-refractivity contribution in [2.45, 2.75) is 47.1 Å². The summed E-state index contributed by atoms with van der Waals surface area (Å²) in [5, 5.41) is 12.6. The van der Waals surface area contributed by atoms with Gasteiger partial charge in [0.25, 0.3) is 0 Å². The number of aryl methyl sites for hydroxylation is 1. The fourth-order valence-electron chi connectivity index (χ4n) is 2.25. The fourth-order valence-corrected chi connectivity index (χ4v) is 2.25. The van der Waals surface area contributed by atoms with Crippen LogP contribution in [0.1, 0.15) is 49.2 Å². The molecule has 0 aromatic heterocycles. The van der Waals surface area contributed by atoms with Gasteiger partial charge in [-0.1, -0.05) is 18.2 Å². The first-order valence-electron chi connectivity index (χ1n) is 8.80. The van der Waals surface area contributed by atoms with E-state index in [-0.39, 0.29) is 28.4 Å². The third-order valence-corrected chi connectivity index (χ3v) is 3.48. The van der Waals surface area contributed by atoms with Crippen molar-refractivity contribution >= 4 is 17.8 Å². The van der Waals surface area contributed by atoms with E-state index in [9.17, 15) is 19.5 Å². The van der Waals surface area contributed by atoms with Crippen LogP contribution in [0.3, 0.4) is 0 Å². The topological polar surface area (TPSA) is 102 Å². The lowest BCUT2D eigenvalue weighted by Gasteiger charge is -2.19. The van der Waals surface area contributed by atoms with Crippen LogP contribution < -0.4 is 10.1 Å². The van der Waals surface area contributed by atoms with Gasteiger partial charge in [-0.3, -0.25) is 4.79 Å². The molecule has 0 bridgehead atoms. The number of carbonyl (C=O) groups excluding carboxylic acids is 3. The summed E-state index contributed by atoms with van der Waals surface area (Å²) in [5.74, 6) is -1.22. The molecule has 0 saturated carbocycles. The van der Waals surface area contributed by atoms with Crippen molar-refractivity contribution in [2.75, 3.05) is 6.54 Å². The van der Waals surface area contributed by atoms with Crippen molar-refractivity contribution in [2.24, 2.45) is 0 Å². The number of phenolic OH excluding ortho intramolecular Hbond substituents is 1. The highest BCUT2D eigenvalue weighted by Gasteiger charge is 2.21. The molecule has 0 aliphatic rings. The molecule has 0 saturated heterocycles. The van der Waals surface area contributed by atoms with Crippen LogP contribution in [0.4, 0.5) is 4.79 Å². The Labute approximate surface area is 165 Å². The number of hydrogen-bond acceptors (Lipinski definition) is 6. The van der Waals surface area contributed by atoms with E-state index in [1.54, 1.807) is 52.8 Å². The molecule has 0 fully saturated rings. The predicted molar refractivity (Wildman–Crippen MR) is 106 cm³/mol. The van der Waals surface area contributed by atoms with Gasteiger partial charge in [0.2, 0.25) is 0 Å². The zero-order chi connectivity index (χ0) is 21.5. The first-order chi connectivity index (χ1) is 13.0. The van der Waals surface area contributed by atoms with E-state index in [4.69, 9.17) is 9.47 Å². The lowest BCUT2D eigenvalue weighted by Crippen LogP contribution is -2.36. The van der Waals surface area contributed by atoms with E-state index >= 15 is 0 Å². The number of benzene rings is 1. The maximum atomic E-state index is 12.2. The molecule has 28 heavy (non-hydrogen) atoms. The van der Waals surface area contributed by atoms with E-state index in [0.29, 0.717) is 5.56 Å². The Morgan fingerprint density at radius 3 is 2.39 bits per heavy atom. The molecule has 7 heteroatoms. The van der Waals surface area contributed by atoms with Crippen molar-refractivity contribution in [3.05, 3.63) is 47.1 Å². The summed E-state index contributed by atoms with van der Waals surface area (Å²) in [7, 11) is 0. The van der Waals surface area contributed by atoms with Crippen LogP contribution >= 0.6 is 0 Å². The third-order valence-electron chi connectivity index (χ3n) is 3.48. The monoisotopic (exact) mass is 389 g/mol. The van der Waals surface area contributed by atoms with Crippen LogP contribution in [0.5, 0.6) is 11.5 Å². The number of aromatic hydroxyl groups is 1. The summed E-state index contributed by atoms with van der Waals surface area (Å²) >= 11 is 0. The molecule has 0 atom stereocenters. The zero-order valence-electron chi connectivity index (χ0n) is 17.1. The fraction of sp³-hybridized carbons (Fsp3) is 0.381.